The Hall–Kier alpha value is -3.31. The van der Waals surface area contributed by atoms with Gasteiger partial charge in [0.1, 0.15) is 5.75 Å². The molecule has 0 bridgehead atoms. The van der Waals surface area contributed by atoms with Gasteiger partial charge in [-0.1, -0.05) is 61.5 Å². The maximum Gasteiger partial charge on any atom is 0.316 e. The topological polar surface area (TPSA) is 42.0 Å². The van der Waals surface area contributed by atoms with E-state index >= 15 is 0 Å². The molecule has 0 amide bonds. The van der Waals surface area contributed by atoms with Crippen LogP contribution in [0.15, 0.2) is 78.9 Å². The quantitative estimate of drug-likeness (QED) is 0.294. The molecule has 1 saturated heterocycles. The zero-order chi connectivity index (χ0) is 26.1. The van der Waals surface area contributed by atoms with E-state index in [0.717, 1.165) is 63.3 Å². The third kappa shape index (κ3) is 6.72. The number of methoxy groups -OCH3 is 1. The van der Waals surface area contributed by atoms with Crippen molar-refractivity contribution in [1.82, 2.24) is 4.90 Å². The van der Waals surface area contributed by atoms with Crippen molar-refractivity contribution in [3.05, 3.63) is 84.4 Å². The van der Waals surface area contributed by atoms with Gasteiger partial charge in [0, 0.05) is 31.9 Å². The minimum Gasteiger partial charge on any atom is -0.497 e. The van der Waals surface area contributed by atoms with Gasteiger partial charge < -0.3 is 14.4 Å². The van der Waals surface area contributed by atoms with Gasteiger partial charge in [-0.3, -0.25) is 9.69 Å². The molecule has 0 spiro atoms. The normalized spacial score (nSPS) is 15.7. The lowest BCUT2D eigenvalue weighted by atomic mass is 9.78. The maximum absolute atomic E-state index is 13.0. The fourth-order valence-corrected chi connectivity index (χ4v) is 5.06. The molecule has 1 heterocycles. The molecule has 1 fully saturated rings. The first-order chi connectivity index (χ1) is 18.0. The minimum atomic E-state index is -0.607. The van der Waals surface area contributed by atoms with Crippen LogP contribution in [0.2, 0.25) is 0 Å². The fraction of sp³-hybridized carbons (Fsp3) is 0.406. The largest absolute Gasteiger partial charge is 0.497 e. The predicted octanol–water partition coefficient (Wildman–Crippen LogP) is 6.18. The lowest BCUT2D eigenvalue weighted by Gasteiger charge is -2.37. The zero-order valence-electron chi connectivity index (χ0n) is 22.5. The Morgan fingerprint density at radius 3 is 2.08 bits per heavy atom. The van der Waals surface area contributed by atoms with Crippen LogP contribution < -0.4 is 9.64 Å². The van der Waals surface area contributed by atoms with Gasteiger partial charge in [0.2, 0.25) is 0 Å². The van der Waals surface area contributed by atoms with E-state index in [9.17, 15) is 4.79 Å². The van der Waals surface area contributed by atoms with Crippen LogP contribution in [0.4, 0.5) is 5.69 Å². The summed E-state index contributed by atoms with van der Waals surface area (Å²) < 4.78 is 10.9. The van der Waals surface area contributed by atoms with E-state index in [-0.39, 0.29) is 5.97 Å². The first kappa shape index (κ1) is 26.7. The number of nitrogens with zero attached hydrogens (tertiary/aromatic N) is 2. The van der Waals surface area contributed by atoms with Crippen LogP contribution in [-0.4, -0.2) is 57.3 Å². The van der Waals surface area contributed by atoms with Crippen molar-refractivity contribution >= 4 is 11.7 Å². The van der Waals surface area contributed by atoms with E-state index in [0.29, 0.717) is 6.61 Å². The van der Waals surface area contributed by atoms with E-state index < -0.39 is 5.41 Å². The summed E-state index contributed by atoms with van der Waals surface area (Å²) >= 11 is 0. The SMILES string of the molecule is CCCOC(=O)C(C)(CCCN1CCN(c2ccc(-c3ccc(OC)cc3)cc2)CC1)c1ccccc1. The number of ether oxygens (including phenoxy) is 2. The molecule has 0 N–H and O–H groups in total. The molecule has 1 aliphatic rings. The summed E-state index contributed by atoms with van der Waals surface area (Å²) in [6, 6.07) is 27.1. The Bertz CT molecular complexity index is 1110. The summed E-state index contributed by atoms with van der Waals surface area (Å²) in [6.45, 7) is 9.62. The Labute approximate surface area is 222 Å². The predicted molar refractivity (Wildman–Crippen MR) is 151 cm³/mol. The summed E-state index contributed by atoms with van der Waals surface area (Å²) in [5, 5.41) is 0. The highest BCUT2D eigenvalue weighted by atomic mass is 16.5. The zero-order valence-corrected chi connectivity index (χ0v) is 22.5. The lowest BCUT2D eigenvalue weighted by Crippen LogP contribution is -2.47. The molecule has 3 aromatic rings. The van der Waals surface area contributed by atoms with Gasteiger partial charge >= 0.3 is 5.97 Å². The second-order valence-electron chi connectivity index (χ2n) is 10.0. The molecule has 37 heavy (non-hydrogen) atoms. The molecule has 0 saturated carbocycles. The van der Waals surface area contributed by atoms with E-state index in [1.54, 1.807) is 7.11 Å². The van der Waals surface area contributed by atoms with Crippen molar-refractivity contribution in [2.45, 2.75) is 38.5 Å². The van der Waals surface area contributed by atoms with Crippen LogP contribution in [0.25, 0.3) is 11.1 Å². The first-order valence-electron chi connectivity index (χ1n) is 13.5. The number of hydrogen-bond acceptors (Lipinski definition) is 5. The summed E-state index contributed by atoms with van der Waals surface area (Å²) in [5.41, 5.74) is 4.11. The summed E-state index contributed by atoms with van der Waals surface area (Å²) in [5.74, 6) is 0.766. The maximum atomic E-state index is 13.0. The lowest BCUT2D eigenvalue weighted by molar-refractivity contribution is -0.150. The number of carbonyl (C=O) groups excluding carboxylic acids is 1. The highest BCUT2D eigenvalue weighted by Crippen LogP contribution is 2.31. The smallest absolute Gasteiger partial charge is 0.316 e. The minimum absolute atomic E-state index is 0.108. The number of hydrogen-bond donors (Lipinski definition) is 0. The van der Waals surface area contributed by atoms with Gasteiger partial charge in [-0.2, -0.15) is 0 Å². The molecular weight excluding hydrogens is 460 g/mol. The van der Waals surface area contributed by atoms with Gasteiger partial charge in [0.05, 0.1) is 19.1 Å². The molecule has 0 aromatic heterocycles. The molecular formula is C32H40N2O3. The highest BCUT2D eigenvalue weighted by molar-refractivity contribution is 5.82. The molecule has 1 atom stereocenters. The van der Waals surface area contributed by atoms with Crippen LogP contribution in [0.1, 0.15) is 38.7 Å². The Balaban J connectivity index is 1.28. The van der Waals surface area contributed by atoms with Gasteiger partial charge in [-0.25, -0.2) is 0 Å². The fourth-order valence-electron chi connectivity index (χ4n) is 5.06. The van der Waals surface area contributed by atoms with E-state index in [1.165, 1.54) is 16.8 Å². The number of esters is 1. The monoisotopic (exact) mass is 500 g/mol. The van der Waals surface area contributed by atoms with Crippen molar-refractivity contribution in [3.8, 4) is 16.9 Å². The average molecular weight is 501 g/mol. The molecule has 196 valence electrons. The van der Waals surface area contributed by atoms with Crippen LogP contribution in [0.3, 0.4) is 0 Å². The molecule has 4 rings (SSSR count). The Morgan fingerprint density at radius 1 is 0.865 bits per heavy atom. The van der Waals surface area contributed by atoms with Crippen molar-refractivity contribution < 1.29 is 14.3 Å². The highest BCUT2D eigenvalue weighted by Gasteiger charge is 2.36. The number of piperazine rings is 1. The number of carbonyl (C=O) groups is 1. The van der Waals surface area contributed by atoms with Gasteiger partial charge in [-0.15, -0.1) is 0 Å². The van der Waals surface area contributed by atoms with Crippen molar-refractivity contribution in [2.24, 2.45) is 0 Å². The molecule has 0 aliphatic carbocycles. The first-order valence-corrected chi connectivity index (χ1v) is 13.5. The number of benzene rings is 3. The molecule has 1 aliphatic heterocycles. The number of rotatable bonds is 11. The van der Waals surface area contributed by atoms with Crippen LogP contribution in [-0.2, 0) is 14.9 Å². The van der Waals surface area contributed by atoms with Gasteiger partial charge in [-0.05, 0) is 73.7 Å². The second kappa shape index (κ2) is 12.8. The van der Waals surface area contributed by atoms with Crippen LogP contribution in [0.5, 0.6) is 5.75 Å². The second-order valence-corrected chi connectivity index (χ2v) is 10.0. The van der Waals surface area contributed by atoms with Crippen molar-refractivity contribution in [2.75, 3.05) is 51.3 Å². The van der Waals surface area contributed by atoms with Gasteiger partial charge in [0.15, 0.2) is 0 Å². The average Bonchev–Trinajstić information content (AvgIpc) is 2.96. The van der Waals surface area contributed by atoms with Gasteiger partial charge in [0.25, 0.3) is 0 Å². The number of anilines is 1. The van der Waals surface area contributed by atoms with Crippen molar-refractivity contribution in [1.29, 1.82) is 0 Å². The van der Waals surface area contributed by atoms with Crippen LogP contribution >= 0.6 is 0 Å². The van der Waals surface area contributed by atoms with E-state index in [4.69, 9.17) is 9.47 Å². The molecule has 3 aromatic carbocycles. The summed E-state index contributed by atoms with van der Waals surface area (Å²) in [7, 11) is 1.69. The summed E-state index contributed by atoms with van der Waals surface area (Å²) in [6.07, 6.45) is 2.58. The van der Waals surface area contributed by atoms with Crippen LogP contribution in [0, 0.1) is 0 Å². The van der Waals surface area contributed by atoms with Crippen molar-refractivity contribution in [3.63, 3.8) is 0 Å². The Morgan fingerprint density at radius 2 is 1.49 bits per heavy atom. The molecule has 5 heteroatoms. The summed E-state index contributed by atoms with van der Waals surface area (Å²) in [4.78, 5) is 18.0. The third-order valence-electron chi connectivity index (χ3n) is 7.48. The standard InChI is InChI=1S/C32H40N2O3/c1-4-25-37-31(35)32(2,28-9-6-5-7-10-28)19-8-20-33-21-23-34(24-22-33)29-15-11-26(12-16-29)27-13-17-30(36-3)18-14-27/h5-7,9-18H,4,8,19-25H2,1-3H3. The molecule has 5 nitrogen and oxygen atoms in total. The molecule has 1 unspecified atom stereocenters. The Kier molecular flexibility index (Phi) is 9.24. The molecule has 0 radical (unpaired) electrons. The third-order valence-corrected chi connectivity index (χ3v) is 7.48. The van der Waals surface area contributed by atoms with E-state index in [2.05, 4.69) is 46.2 Å². The van der Waals surface area contributed by atoms with E-state index in [1.807, 2.05) is 56.3 Å².